The van der Waals surface area contributed by atoms with Crippen LogP contribution in [0.25, 0.3) is 16.8 Å². The van der Waals surface area contributed by atoms with E-state index in [0.717, 1.165) is 0 Å². The number of aliphatic hydroxyl groups is 8. The van der Waals surface area contributed by atoms with Gasteiger partial charge in [-0.3, -0.25) is 0 Å². The van der Waals surface area contributed by atoms with Crippen molar-refractivity contribution in [1.29, 1.82) is 0 Å². The van der Waals surface area contributed by atoms with Gasteiger partial charge < -0.3 is 57.6 Å². The number of hydrogen-bond donors (Lipinski definition) is 8. The predicted molar refractivity (Wildman–Crippen MR) is 165 cm³/mol. The van der Waals surface area contributed by atoms with Gasteiger partial charge in [0.05, 0.1) is 0 Å². The van der Waals surface area contributed by atoms with Gasteiger partial charge >= 0.3 is 51.2 Å². The van der Waals surface area contributed by atoms with Crippen LogP contribution in [0.15, 0.2) is 146 Å². The minimum Gasteiger partial charge on any atom is -0.693 e. The van der Waals surface area contributed by atoms with Crippen LogP contribution in [0.4, 0.5) is 0 Å². The van der Waals surface area contributed by atoms with Crippen molar-refractivity contribution in [2.75, 3.05) is 0 Å². The fraction of sp³-hybridized carbons (Fsp3) is 0.125. The Morgan fingerprint density at radius 1 is 0.304 bits per heavy atom. The maximum Gasteiger partial charge on any atom is 1.00 e. The molecule has 0 saturated carbocycles. The summed E-state index contributed by atoms with van der Waals surface area (Å²) in [6.07, 6.45) is 1.19. The summed E-state index contributed by atoms with van der Waals surface area (Å²) in [5.74, 6) is 0. The van der Waals surface area contributed by atoms with E-state index in [2.05, 4.69) is 10.6 Å². The van der Waals surface area contributed by atoms with Crippen molar-refractivity contribution < 1.29 is 92.1 Å². The largest absolute Gasteiger partial charge is 1.00 e. The fourth-order valence-electron chi connectivity index (χ4n) is 2.75. The molecule has 0 atom stereocenters. The van der Waals surface area contributed by atoms with Gasteiger partial charge in [-0.25, -0.2) is 0 Å². The summed E-state index contributed by atoms with van der Waals surface area (Å²) >= 11 is 0. The average molecular weight is 783 g/mol. The van der Waals surface area contributed by atoms with Gasteiger partial charge in [-0.15, -0.1) is 0 Å². The van der Waals surface area contributed by atoms with Crippen molar-refractivity contribution in [2.24, 2.45) is 0 Å². The molecule has 0 amide bonds. The van der Waals surface area contributed by atoms with E-state index in [1.54, 1.807) is 122 Å². The first-order valence-electron chi connectivity index (χ1n) is 12.6. The summed E-state index contributed by atoms with van der Waals surface area (Å²) in [4.78, 5) is 0. The first kappa shape index (κ1) is 50.0. The molecule has 46 heavy (non-hydrogen) atoms. The standard InChI is InChI=1S/4C7H8O2.C4H4N2.3Cu.H2N/c4*8-7(9)6-4-2-1-3-5-6;1-2-6-4-3-5-1;;;;/h4*1-5,7-9H;1-4H;;;;1H2/q;;;;-2;3*+1;-1. The molecule has 0 fully saturated rings. The molecule has 0 radical (unpaired) electrons. The van der Waals surface area contributed by atoms with E-state index in [1.807, 2.05) is 24.3 Å². The minimum absolute atomic E-state index is 0. The second-order valence-corrected chi connectivity index (χ2v) is 8.03. The topological polar surface area (TPSA) is 224 Å². The number of nitrogens with two attached hydrogens (primary N) is 1. The second kappa shape index (κ2) is 32.1. The maximum absolute atomic E-state index is 8.58. The molecule has 0 aliphatic carbocycles. The van der Waals surface area contributed by atoms with Crippen LogP contribution >= 0.6 is 0 Å². The molecule has 0 unspecified atom stereocenters. The van der Waals surface area contributed by atoms with Gasteiger partial charge in [0.1, 0.15) is 0 Å². The number of hydrogen-bond acceptors (Lipinski definition) is 8. The van der Waals surface area contributed by atoms with Gasteiger partial charge in [0.2, 0.25) is 0 Å². The van der Waals surface area contributed by atoms with Gasteiger partial charge in [-0.1, -0.05) is 121 Å². The van der Waals surface area contributed by atoms with Crippen LogP contribution in [0.5, 0.6) is 0 Å². The third-order valence-electron chi connectivity index (χ3n) is 4.87. The smallest absolute Gasteiger partial charge is 0.693 e. The molecular formula is C32H38Cu3N3O8. The number of aliphatic hydroxyl groups excluding tert-OH is 4. The van der Waals surface area contributed by atoms with E-state index in [4.69, 9.17) is 40.9 Å². The van der Waals surface area contributed by atoms with Crippen molar-refractivity contribution in [2.45, 2.75) is 25.2 Å². The van der Waals surface area contributed by atoms with E-state index in [9.17, 15) is 0 Å². The first-order valence-corrected chi connectivity index (χ1v) is 12.6. The van der Waals surface area contributed by atoms with Crippen molar-refractivity contribution in [3.8, 4) is 0 Å². The molecule has 5 rings (SSSR count). The molecule has 0 saturated heterocycles. The van der Waals surface area contributed by atoms with Gasteiger partial charge in [0.25, 0.3) is 0 Å². The SMILES string of the molecule is C1=C[N-]C=C[N-]1.OC(O)c1ccccc1.OC(O)c1ccccc1.OC(O)c1ccccc1.OC(O)c1ccccc1.[Cu+].[Cu+].[Cu+].[NH2-]. The van der Waals surface area contributed by atoms with E-state index in [0.29, 0.717) is 22.3 Å². The quantitative estimate of drug-likeness (QED) is 0.103. The molecule has 4 aromatic carbocycles. The van der Waals surface area contributed by atoms with Crippen molar-refractivity contribution >= 4 is 0 Å². The van der Waals surface area contributed by atoms with Crippen LogP contribution in [0.2, 0.25) is 0 Å². The molecular weight excluding hydrogens is 745 g/mol. The zero-order valence-corrected chi connectivity index (χ0v) is 26.9. The summed E-state index contributed by atoms with van der Waals surface area (Å²) in [5, 5.41) is 76.1. The van der Waals surface area contributed by atoms with Crippen LogP contribution in [-0.4, -0.2) is 40.9 Å². The van der Waals surface area contributed by atoms with Gasteiger partial charge in [0, 0.05) is 22.3 Å². The van der Waals surface area contributed by atoms with Gasteiger partial charge in [-0.05, 0) is 0 Å². The number of benzene rings is 4. The van der Waals surface area contributed by atoms with Crippen molar-refractivity contribution in [3.63, 3.8) is 0 Å². The molecule has 11 nitrogen and oxygen atoms in total. The predicted octanol–water partition coefficient (Wildman–Crippen LogP) is 5.08. The zero-order valence-electron chi connectivity index (χ0n) is 24.1. The zero-order chi connectivity index (χ0) is 31.0. The molecule has 1 aliphatic rings. The fourth-order valence-corrected chi connectivity index (χ4v) is 2.75. The maximum atomic E-state index is 8.58. The number of rotatable bonds is 4. The Bertz CT molecular complexity index is 1050. The minimum atomic E-state index is -1.34. The monoisotopic (exact) mass is 781 g/mol. The van der Waals surface area contributed by atoms with E-state index in [1.165, 1.54) is 0 Å². The summed E-state index contributed by atoms with van der Waals surface area (Å²) in [7, 11) is 0. The van der Waals surface area contributed by atoms with E-state index >= 15 is 0 Å². The Hall–Kier alpha value is -2.84. The van der Waals surface area contributed by atoms with Crippen LogP contribution in [0, 0.1) is 0 Å². The summed E-state index contributed by atoms with van der Waals surface area (Å²) in [6, 6.07) is 34.6. The molecule has 262 valence electrons. The molecule has 14 heteroatoms. The van der Waals surface area contributed by atoms with E-state index in [-0.39, 0.29) is 57.4 Å². The molecule has 0 aromatic heterocycles. The molecule has 10 N–H and O–H groups in total. The van der Waals surface area contributed by atoms with Gasteiger partial charge in [-0.2, -0.15) is 24.8 Å². The Kier molecular flexibility index (Phi) is 34.9. The molecule has 1 aliphatic heterocycles. The second-order valence-electron chi connectivity index (χ2n) is 8.03. The molecule has 1 heterocycles. The number of nitrogens with zero attached hydrogens (tertiary/aromatic N) is 2. The first-order chi connectivity index (χ1) is 20.2. The molecule has 0 bridgehead atoms. The molecule has 4 aromatic rings. The van der Waals surface area contributed by atoms with Crippen LogP contribution in [0.3, 0.4) is 0 Å². The van der Waals surface area contributed by atoms with Crippen LogP contribution < -0.4 is 0 Å². The van der Waals surface area contributed by atoms with Gasteiger partial charge in [0.15, 0.2) is 25.2 Å². The summed E-state index contributed by atoms with van der Waals surface area (Å²) < 4.78 is 0. The Morgan fingerprint density at radius 3 is 0.543 bits per heavy atom. The van der Waals surface area contributed by atoms with Crippen LogP contribution in [-0.2, 0) is 51.2 Å². The normalized spacial score (nSPS) is 10.0. The Morgan fingerprint density at radius 2 is 0.457 bits per heavy atom. The Labute approximate surface area is 301 Å². The van der Waals surface area contributed by atoms with Crippen molar-refractivity contribution in [1.82, 2.24) is 0 Å². The summed E-state index contributed by atoms with van der Waals surface area (Å²) in [6.45, 7) is 0. The molecule has 0 spiro atoms. The van der Waals surface area contributed by atoms with E-state index < -0.39 is 25.2 Å². The third kappa shape index (κ3) is 25.4. The van der Waals surface area contributed by atoms with Crippen LogP contribution in [0.1, 0.15) is 47.4 Å². The third-order valence-corrected chi connectivity index (χ3v) is 4.87. The summed E-state index contributed by atoms with van der Waals surface area (Å²) in [5.41, 5.74) is 2.10. The van der Waals surface area contributed by atoms with Crippen molar-refractivity contribution in [3.05, 3.63) is 185 Å². The average Bonchev–Trinajstić information content (AvgIpc) is 3.05. The Balaban J connectivity index is -0.000000236.